The van der Waals surface area contributed by atoms with Crippen molar-refractivity contribution in [3.05, 3.63) is 21.6 Å². The van der Waals surface area contributed by atoms with E-state index in [1.165, 1.54) is 15.5 Å². The number of rotatable bonds is 4. The minimum atomic E-state index is -1.49. The minimum absolute atomic E-state index is 0. The van der Waals surface area contributed by atoms with E-state index in [0.29, 0.717) is 0 Å². The van der Waals surface area contributed by atoms with E-state index < -0.39 is 16.6 Å². The van der Waals surface area contributed by atoms with Crippen LogP contribution in [0.25, 0.3) is 0 Å². The smallest absolute Gasteiger partial charge is 0.147 e. The standard InChI is InChI=1S/C11H21OSi2.2ClH.Ti/c1-13(2,3)12-14(4,5)10-11-8-6-7-9-11;;;/h6,8H,7,10H2,1-5H3;2*1H;. The molecule has 0 radical (unpaired) electrons. The van der Waals surface area contributed by atoms with Gasteiger partial charge in [0.1, 0.15) is 0 Å². The Hall–Kier alpha value is 1.17. The fraction of sp³-hybridized carbons (Fsp3) is 0.636. The van der Waals surface area contributed by atoms with Crippen LogP contribution in [0.1, 0.15) is 6.42 Å². The normalized spacial score (nSPS) is 15.5. The Balaban J connectivity index is 0. The number of hydrogen-bond acceptors (Lipinski definition) is 1. The van der Waals surface area contributed by atoms with Crippen molar-refractivity contribution in [2.75, 3.05) is 0 Å². The van der Waals surface area contributed by atoms with Crippen LogP contribution in [0.3, 0.4) is 0 Å². The Morgan fingerprint density at radius 1 is 1.18 bits per heavy atom. The van der Waals surface area contributed by atoms with Gasteiger partial charge in [0.05, 0.1) is 0 Å². The Labute approximate surface area is 132 Å². The molecule has 0 aromatic carbocycles. The van der Waals surface area contributed by atoms with Gasteiger partial charge in [-0.15, -0.1) is 24.8 Å². The third-order valence-corrected chi connectivity index (χ3v) is 8.94. The van der Waals surface area contributed by atoms with Gasteiger partial charge in [-0.2, -0.15) is 0 Å². The summed E-state index contributed by atoms with van der Waals surface area (Å²) in [5.41, 5.74) is 1.53. The molecule has 0 N–H and O–H groups in total. The van der Waals surface area contributed by atoms with Gasteiger partial charge >= 0.3 is 108 Å². The monoisotopic (exact) mass is 345 g/mol. The molecule has 0 aliphatic heterocycles. The van der Waals surface area contributed by atoms with Gasteiger partial charge in [0.25, 0.3) is 0 Å². The topological polar surface area (TPSA) is 9.23 Å². The van der Waals surface area contributed by atoms with Crippen LogP contribution in [0.2, 0.25) is 38.8 Å². The Kier molecular flexibility index (Phi) is 9.26. The number of allylic oxidation sites excluding steroid dienone is 4. The molecule has 1 aliphatic carbocycles. The van der Waals surface area contributed by atoms with Crippen molar-refractivity contribution >= 4 is 41.4 Å². The first-order valence-electron chi connectivity index (χ1n) is 5.50. The summed E-state index contributed by atoms with van der Waals surface area (Å²) in [5.74, 6) is 0. The van der Waals surface area contributed by atoms with Crippen LogP contribution in [0.4, 0.5) is 0 Å². The van der Waals surface area contributed by atoms with E-state index in [1.54, 1.807) is 0 Å². The van der Waals surface area contributed by atoms with Crippen LogP contribution < -0.4 is 0 Å². The van der Waals surface area contributed by atoms with Gasteiger partial charge in [0.15, 0.2) is 0 Å². The van der Waals surface area contributed by atoms with Crippen molar-refractivity contribution < 1.29 is 24.6 Å². The van der Waals surface area contributed by atoms with Crippen molar-refractivity contribution in [3.63, 3.8) is 0 Å². The van der Waals surface area contributed by atoms with Crippen molar-refractivity contribution in [1.29, 1.82) is 0 Å². The van der Waals surface area contributed by atoms with Gasteiger partial charge in [-0.25, -0.2) is 0 Å². The molecule has 99 valence electrons. The van der Waals surface area contributed by atoms with Crippen molar-refractivity contribution in [1.82, 2.24) is 0 Å². The van der Waals surface area contributed by atoms with Crippen LogP contribution in [-0.4, -0.2) is 16.6 Å². The van der Waals surface area contributed by atoms with Crippen LogP contribution in [0.15, 0.2) is 21.6 Å². The van der Waals surface area contributed by atoms with Crippen LogP contribution in [0.5, 0.6) is 0 Å². The first-order valence-corrected chi connectivity index (χ1v) is 12.8. The second kappa shape index (κ2) is 7.68. The molecule has 0 amide bonds. The van der Waals surface area contributed by atoms with Crippen LogP contribution in [-0.2, 0) is 24.6 Å². The maximum absolute atomic E-state index is 6.35. The summed E-state index contributed by atoms with van der Waals surface area (Å²) in [6.45, 7) is 11.5. The fourth-order valence-corrected chi connectivity index (χ4v) is 10.9. The molecular formula is C11H23Cl2OSi2Ti. The molecule has 1 aliphatic rings. The zero-order valence-electron chi connectivity index (χ0n) is 11.3. The van der Waals surface area contributed by atoms with Crippen LogP contribution >= 0.6 is 24.8 Å². The molecule has 0 aromatic heterocycles. The van der Waals surface area contributed by atoms with E-state index in [-0.39, 0.29) is 24.8 Å². The summed E-state index contributed by atoms with van der Waals surface area (Å²) < 4.78 is 7.88. The molecule has 0 bridgehead atoms. The quantitative estimate of drug-likeness (QED) is 0.674. The Morgan fingerprint density at radius 3 is 2.06 bits per heavy atom. The molecule has 0 saturated heterocycles. The molecule has 0 aromatic rings. The molecule has 6 heteroatoms. The maximum Gasteiger partial charge on any atom is -0.147 e. The minimum Gasteiger partial charge on any atom is -0.147 e. The van der Waals surface area contributed by atoms with Gasteiger partial charge in [-0.1, -0.05) is 0 Å². The second-order valence-corrected chi connectivity index (χ2v) is 15.6. The first kappa shape index (κ1) is 20.5. The summed E-state index contributed by atoms with van der Waals surface area (Å²) in [4.78, 5) is 0. The zero-order valence-corrected chi connectivity index (χ0v) is 16.5. The molecule has 0 fully saturated rings. The summed E-state index contributed by atoms with van der Waals surface area (Å²) in [5, 5.41) is 0. The third-order valence-electron chi connectivity index (χ3n) is 2.23. The predicted molar refractivity (Wildman–Crippen MR) is 82.0 cm³/mol. The summed E-state index contributed by atoms with van der Waals surface area (Å²) in [7, 11) is -2.86. The SMILES string of the molecule is C[Si](C)(C)O[Si](C)(C)CC1=[C]([Ti])CC=C1.Cl.Cl. The Bertz CT molecular complexity index is 309. The van der Waals surface area contributed by atoms with E-state index in [0.717, 1.165) is 6.42 Å². The molecule has 0 spiro atoms. The van der Waals surface area contributed by atoms with Gasteiger partial charge < -0.3 is 0 Å². The van der Waals surface area contributed by atoms with E-state index in [1.807, 2.05) is 0 Å². The van der Waals surface area contributed by atoms with Gasteiger partial charge in [-0.05, 0) is 0 Å². The molecule has 0 unspecified atom stereocenters. The first-order chi connectivity index (χ1) is 6.70. The number of hydrogen-bond donors (Lipinski definition) is 0. The molecule has 1 rings (SSSR count). The molecular weight excluding hydrogens is 323 g/mol. The molecule has 1 nitrogen and oxygen atoms in total. The van der Waals surface area contributed by atoms with Gasteiger partial charge in [-0.3, -0.25) is 0 Å². The predicted octanol–water partition coefficient (Wildman–Crippen LogP) is 4.65. The van der Waals surface area contributed by atoms with E-state index in [2.05, 4.69) is 65.3 Å². The maximum atomic E-state index is 6.35. The molecule has 0 saturated carbocycles. The van der Waals surface area contributed by atoms with E-state index >= 15 is 0 Å². The molecule has 0 atom stereocenters. The van der Waals surface area contributed by atoms with Crippen molar-refractivity contribution in [3.8, 4) is 0 Å². The molecule has 0 heterocycles. The fourth-order valence-electron chi connectivity index (χ4n) is 2.04. The second-order valence-electron chi connectivity index (χ2n) is 5.76. The largest absolute Gasteiger partial charge is 0.147 e. The van der Waals surface area contributed by atoms with E-state index in [4.69, 9.17) is 4.12 Å². The average Bonchev–Trinajstić information content (AvgIpc) is 2.29. The molecule has 17 heavy (non-hydrogen) atoms. The average molecular weight is 346 g/mol. The summed E-state index contributed by atoms with van der Waals surface area (Å²) in [6, 6.07) is 1.18. The van der Waals surface area contributed by atoms with Gasteiger partial charge in [0.2, 0.25) is 0 Å². The third kappa shape index (κ3) is 8.04. The van der Waals surface area contributed by atoms with E-state index in [9.17, 15) is 0 Å². The summed E-state index contributed by atoms with van der Waals surface area (Å²) in [6.07, 6.45) is 5.70. The summed E-state index contributed by atoms with van der Waals surface area (Å²) >= 11 is 2.24. The van der Waals surface area contributed by atoms with Crippen molar-refractivity contribution in [2.24, 2.45) is 0 Å². The van der Waals surface area contributed by atoms with Gasteiger partial charge in [0, 0.05) is 0 Å². The Morgan fingerprint density at radius 2 is 1.71 bits per heavy atom. The zero-order chi connectivity index (χ0) is 11.7. The number of halogens is 2. The van der Waals surface area contributed by atoms with Crippen molar-refractivity contribution in [2.45, 2.75) is 45.2 Å². The van der Waals surface area contributed by atoms with Crippen LogP contribution in [0, 0.1) is 0 Å².